The van der Waals surface area contributed by atoms with E-state index < -0.39 is 5.92 Å². The van der Waals surface area contributed by atoms with Gasteiger partial charge in [0.1, 0.15) is 0 Å². The van der Waals surface area contributed by atoms with Gasteiger partial charge in [-0.25, -0.2) is 0 Å². The second-order valence-corrected chi connectivity index (χ2v) is 4.87. The molecule has 5 nitrogen and oxygen atoms in total. The van der Waals surface area contributed by atoms with Gasteiger partial charge in [0.25, 0.3) is 0 Å². The van der Waals surface area contributed by atoms with Gasteiger partial charge in [0.05, 0.1) is 12.0 Å². The first kappa shape index (κ1) is 13.5. The molecule has 2 atom stereocenters. The van der Waals surface area contributed by atoms with Crippen molar-refractivity contribution in [3.63, 3.8) is 0 Å². The highest BCUT2D eigenvalue weighted by atomic mass is 32.1. The number of amidine groups is 1. The molecule has 2 unspecified atom stereocenters. The van der Waals surface area contributed by atoms with E-state index in [1.54, 1.807) is 30.2 Å². The number of nitrogens with two attached hydrogens (primary N) is 1. The van der Waals surface area contributed by atoms with Crippen LogP contribution < -0.4 is 5.73 Å². The summed E-state index contributed by atoms with van der Waals surface area (Å²) in [6, 6.07) is 3.91. The highest BCUT2D eigenvalue weighted by Gasteiger charge is 2.25. The summed E-state index contributed by atoms with van der Waals surface area (Å²) in [7, 11) is 1.72. The average Bonchev–Trinajstić information content (AvgIpc) is 2.87. The number of rotatable bonds is 4. The lowest BCUT2D eigenvalue weighted by Gasteiger charge is -2.26. The molecule has 0 bridgehead atoms. The third-order valence-electron chi connectivity index (χ3n) is 2.81. The molecule has 3 N–H and O–H groups in total. The lowest BCUT2D eigenvalue weighted by Crippen LogP contribution is -2.39. The lowest BCUT2D eigenvalue weighted by molar-refractivity contribution is -0.133. The minimum Gasteiger partial charge on any atom is -0.409 e. The maximum absolute atomic E-state index is 12.0. The second kappa shape index (κ2) is 5.67. The lowest BCUT2D eigenvalue weighted by atomic mass is 10.1. The Morgan fingerprint density at radius 2 is 2.24 bits per heavy atom. The maximum Gasteiger partial charge on any atom is 0.233 e. The molecule has 0 aliphatic carbocycles. The van der Waals surface area contributed by atoms with Gasteiger partial charge in [0, 0.05) is 11.9 Å². The normalized spacial score (nSPS) is 15.4. The molecular formula is C11H17N3O2S. The highest BCUT2D eigenvalue weighted by molar-refractivity contribution is 7.10. The van der Waals surface area contributed by atoms with Crippen LogP contribution in [0.4, 0.5) is 0 Å². The minimum atomic E-state index is -0.618. The molecule has 1 aromatic rings. The van der Waals surface area contributed by atoms with Crippen LogP contribution in [0.1, 0.15) is 24.8 Å². The zero-order chi connectivity index (χ0) is 13.0. The van der Waals surface area contributed by atoms with E-state index in [-0.39, 0.29) is 17.8 Å². The number of hydrogen-bond donors (Lipinski definition) is 2. The minimum absolute atomic E-state index is 0.0172. The van der Waals surface area contributed by atoms with Gasteiger partial charge in [-0.1, -0.05) is 11.2 Å². The van der Waals surface area contributed by atoms with Crippen molar-refractivity contribution in [1.82, 2.24) is 4.90 Å². The highest BCUT2D eigenvalue weighted by Crippen LogP contribution is 2.24. The van der Waals surface area contributed by atoms with Gasteiger partial charge in [0.2, 0.25) is 5.91 Å². The van der Waals surface area contributed by atoms with Crippen molar-refractivity contribution < 1.29 is 10.0 Å². The molecule has 94 valence electrons. The fourth-order valence-corrected chi connectivity index (χ4v) is 2.26. The monoisotopic (exact) mass is 255 g/mol. The number of amides is 1. The number of carbonyl (C=O) groups is 1. The van der Waals surface area contributed by atoms with Crippen LogP contribution in [0, 0.1) is 5.92 Å². The third-order valence-corrected chi connectivity index (χ3v) is 3.86. The van der Waals surface area contributed by atoms with E-state index in [2.05, 4.69) is 5.16 Å². The molecule has 0 aromatic carbocycles. The van der Waals surface area contributed by atoms with E-state index in [0.717, 1.165) is 4.88 Å². The van der Waals surface area contributed by atoms with Crippen LogP contribution in [0.2, 0.25) is 0 Å². The Morgan fingerprint density at radius 3 is 2.71 bits per heavy atom. The molecule has 0 spiro atoms. The predicted molar refractivity (Wildman–Crippen MR) is 68.1 cm³/mol. The molecular weight excluding hydrogens is 238 g/mol. The summed E-state index contributed by atoms with van der Waals surface area (Å²) in [5.41, 5.74) is 5.43. The van der Waals surface area contributed by atoms with Crippen LogP contribution in [0.5, 0.6) is 0 Å². The largest absolute Gasteiger partial charge is 0.409 e. The van der Waals surface area contributed by atoms with E-state index in [4.69, 9.17) is 10.9 Å². The Balaban J connectivity index is 2.76. The molecule has 0 fully saturated rings. The van der Waals surface area contributed by atoms with Gasteiger partial charge in [-0.15, -0.1) is 11.3 Å². The van der Waals surface area contributed by atoms with Gasteiger partial charge >= 0.3 is 0 Å². The van der Waals surface area contributed by atoms with Crippen molar-refractivity contribution in [2.24, 2.45) is 16.8 Å². The van der Waals surface area contributed by atoms with Crippen LogP contribution in [0.25, 0.3) is 0 Å². The van der Waals surface area contributed by atoms with Gasteiger partial charge in [-0.3, -0.25) is 4.79 Å². The summed E-state index contributed by atoms with van der Waals surface area (Å²) >= 11 is 1.60. The standard InChI is InChI=1S/C11H17N3O2S/c1-7(10(12)13-16)11(15)14(3)8(2)9-5-4-6-17-9/h4-8,16H,1-3H3,(H2,12,13). The summed E-state index contributed by atoms with van der Waals surface area (Å²) < 4.78 is 0. The maximum atomic E-state index is 12.0. The molecule has 6 heteroatoms. The molecule has 1 heterocycles. The van der Waals surface area contributed by atoms with Gasteiger partial charge in [-0.2, -0.15) is 0 Å². The zero-order valence-electron chi connectivity index (χ0n) is 10.1. The molecule has 1 aromatic heterocycles. The smallest absolute Gasteiger partial charge is 0.233 e. The van der Waals surface area contributed by atoms with E-state index >= 15 is 0 Å². The van der Waals surface area contributed by atoms with Gasteiger partial charge < -0.3 is 15.8 Å². The average molecular weight is 255 g/mol. The molecule has 0 aliphatic rings. The Hall–Kier alpha value is -1.56. The van der Waals surface area contributed by atoms with Crippen LogP contribution in [-0.2, 0) is 4.79 Å². The van der Waals surface area contributed by atoms with Crippen molar-refractivity contribution in [3.05, 3.63) is 22.4 Å². The Morgan fingerprint density at radius 1 is 1.59 bits per heavy atom. The summed E-state index contributed by atoms with van der Waals surface area (Å²) in [4.78, 5) is 14.7. The Labute approximate surface area is 105 Å². The molecule has 1 rings (SSSR count). The van der Waals surface area contributed by atoms with Crippen LogP contribution in [-0.4, -0.2) is 28.9 Å². The first-order valence-corrected chi connectivity index (χ1v) is 6.14. The zero-order valence-corrected chi connectivity index (χ0v) is 10.9. The number of carbonyl (C=O) groups excluding carboxylic acids is 1. The second-order valence-electron chi connectivity index (χ2n) is 3.89. The first-order valence-electron chi connectivity index (χ1n) is 5.26. The van der Waals surface area contributed by atoms with E-state index in [9.17, 15) is 4.79 Å². The van der Waals surface area contributed by atoms with E-state index in [1.807, 2.05) is 24.4 Å². The van der Waals surface area contributed by atoms with E-state index in [1.165, 1.54) is 0 Å². The van der Waals surface area contributed by atoms with Crippen molar-refractivity contribution in [2.75, 3.05) is 7.05 Å². The first-order chi connectivity index (χ1) is 7.99. The summed E-state index contributed by atoms with van der Waals surface area (Å²) in [6.07, 6.45) is 0. The number of nitrogens with zero attached hydrogens (tertiary/aromatic N) is 2. The molecule has 1 amide bonds. The fourth-order valence-electron chi connectivity index (χ4n) is 1.43. The van der Waals surface area contributed by atoms with Crippen molar-refractivity contribution in [3.8, 4) is 0 Å². The summed E-state index contributed by atoms with van der Waals surface area (Å²) in [5, 5.41) is 13.4. The van der Waals surface area contributed by atoms with Crippen molar-refractivity contribution >= 4 is 23.1 Å². The Kier molecular flexibility index (Phi) is 4.51. The molecule has 17 heavy (non-hydrogen) atoms. The molecule has 0 radical (unpaired) electrons. The van der Waals surface area contributed by atoms with Crippen LogP contribution in [0.3, 0.4) is 0 Å². The van der Waals surface area contributed by atoms with Crippen molar-refractivity contribution in [2.45, 2.75) is 19.9 Å². The predicted octanol–water partition coefficient (Wildman–Crippen LogP) is 1.65. The van der Waals surface area contributed by atoms with Crippen molar-refractivity contribution in [1.29, 1.82) is 0 Å². The molecule has 0 aliphatic heterocycles. The molecule has 0 saturated carbocycles. The number of oxime groups is 1. The quantitative estimate of drug-likeness (QED) is 0.371. The van der Waals surface area contributed by atoms with Gasteiger partial charge in [-0.05, 0) is 25.3 Å². The third kappa shape index (κ3) is 2.97. The fraction of sp³-hybridized carbons (Fsp3) is 0.455. The summed E-state index contributed by atoms with van der Waals surface area (Å²) in [5.74, 6) is -0.853. The number of hydrogen-bond acceptors (Lipinski definition) is 4. The topological polar surface area (TPSA) is 78.9 Å². The Bertz CT molecular complexity index is 403. The SMILES string of the molecule is CC(C(=O)N(C)C(C)c1cccs1)C(N)=NO. The van der Waals surface area contributed by atoms with Crippen LogP contribution >= 0.6 is 11.3 Å². The summed E-state index contributed by atoms with van der Waals surface area (Å²) in [6.45, 7) is 3.57. The van der Waals surface area contributed by atoms with Crippen LogP contribution in [0.15, 0.2) is 22.7 Å². The van der Waals surface area contributed by atoms with Gasteiger partial charge in [0.15, 0.2) is 5.84 Å². The molecule has 0 saturated heterocycles. The van der Waals surface area contributed by atoms with E-state index in [0.29, 0.717) is 0 Å². The number of thiophene rings is 1.